The summed E-state index contributed by atoms with van der Waals surface area (Å²) in [5.41, 5.74) is 1.79. The lowest BCUT2D eigenvalue weighted by molar-refractivity contribution is -0.131. The molecule has 5 heteroatoms. The van der Waals surface area contributed by atoms with Crippen LogP contribution in [0.3, 0.4) is 0 Å². The van der Waals surface area contributed by atoms with Crippen molar-refractivity contribution in [1.82, 2.24) is 20.2 Å². The summed E-state index contributed by atoms with van der Waals surface area (Å²) in [6, 6.07) is -0.197. The van der Waals surface area contributed by atoms with Gasteiger partial charge in [-0.3, -0.25) is 20.1 Å². The fourth-order valence-electron chi connectivity index (χ4n) is 2.25. The summed E-state index contributed by atoms with van der Waals surface area (Å²) < 4.78 is 0. The van der Waals surface area contributed by atoms with Gasteiger partial charge in [-0.15, -0.1) is 0 Å². The van der Waals surface area contributed by atoms with E-state index in [1.165, 1.54) is 0 Å². The molecule has 20 heavy (non-hydrogen) atoms. The number of nitrogens with one attached hydrogen (secondary N) is 1. The molecule has 0 spiro atoms. The van der Waals surface area contributed by atoms with Crippen LogP contribution < -0.4 is 5.32 Å². The van der Waals surface area contributed by atoms with Crippen molar-refractivity contribution in [3.8, 4) is 0 Å². The van der Waals surface area contributed by atoms with Crippen molar-refractivity contribution in [2.45, 2.75) is 46.2 Å². The van der Waals surface area contributed by atoms with Gasteiger partial charge in [0.25, 0.3) is 0 Å². The van der Waals surface area contributed by atoms with Crippen LogP contribution in [0.1, 0.15) is 44.6 Å². The zero-order valence-corrected chi connectivity index (χ0v) is 13.3. The maximum Gasteiger partial charge on any atom is 0.239 e. The van der Waals surface area contributed by atoms with Crippen molar-refractivity contribution in [3.63, 3.8) is 0 Å². The molecule has 1 aromatic heterocycles. The van der Waals surface area contributed by atoms with Crippen LogP contribution in [-0.2, 0) is 4.79 Å². The van der Waals surface area contributed by atoms with Crippen LogP contribution in [0.25, 0.3) is 0 Å². The van der Waals surface area contributed by atoms with E-state index in [4.69, 9.17) is 0 Å². The number of nitrogens with zero attached hydrogens (tertiary/aromatic N) is 3. The van der Waals surface area contributed by atoms with E-state index in [0.717, 1.165) is 17.8 Å². The van der Waals surface area contributed by atoms with Crippen LogP contribution in [-0.4, -0.2) is 40.9 Å². The molecule has 5 nitrogen and oxygen atoms in total. The molecule has 1 heterocycles. The molecule has 1 aromatic rings. The average molecular weight is 278 g/mol. The van der Waals surface area contributed by atoms with Crippen LogP contribution in [0, 0.1) is 12.8 Å². The lowest BCUT2D eigenvalue weighted by Gasteiger charge is -2.26. The molecule has 112 valence electrons. The van der Waals surface area contributed by atoms with Crippen LogP contribution in [0.2, 0.25) is 0 Å². The van der Waals surface area contributed by atoms with Gasteiger partial charge in [0.1, 0.15) is 0 Å². The Hall–Kier alpha value is -1.49. The molecular formula is C15H26N4O. The Morgan fingerprint density at radius 3 is 2.35 bits per heavy atom. The molecule has 0 saturated heterocycles. The van der Waals surface area contributed by atoms with E-state index in [2.05, 4.69) is 29.1 Å². The first-order valence-corrected chi connectivity index (χ1v) is 7.07. The second-order valence-electron chi connectivity index (χ2n) is 5.83. The summed E-state index contributed by atoms with van der Waals surface area (Å²) in [6.45, 7) is 8.20. The van der Waals surface area contributed by atoms with E-state index < -0.39 is 0 Å². The Balaban J connectivity index is 2.84. The van der Waals surface area contributed by atoms with E-state index in [1.807, 2.05) is 13.8 Å². The molecule has 0 aliphatic carbocycles. The highest BCUT2D eigenvalue weighted by Crippen LogP contribution is 2.16. The summed E-state index contributed by atoms with van der Waals surface area (Å²) in [5, 5.41) is 3.39. The van der Waals surface area contributed by atoms with Gasteiger partial charge in [0, 0.05) is 32.5 Å². The number of likely N-dealkylation sites (N-methyl/N-ethyl adjacent to an activating group) is 1. The zero-order chi connectivity index (χ0) is 15.3. The summed E-state index contributed by atoms with van der Waals surface area (Å²) in [4.78, 5) is 22.5. The number of aryl methyl sites for hydroxylation is 1. The molecule has 0 aliphatic rings. The maximum atomic E-state index is 12.3. The van der Waals surface area contributed by atoms with Gasteiger partial charge in [0.15, 0.2) is 0 Å². The minimum atomic E-state index is -0.193. The molecular weight excluding hydrogens is 252 g/mol. The predicted octanol–water partition coefficient (Wildman–Crippen LogP) is 1.94. The highest BCUT2D eigenvalue weighted by molar-refractivity contribution is 5.81. The average Bonchev–Trinajstić information content (AvgIpc) is 2.36. The predicted molar refractivity (Wildman–Crippen MR) is 80.3 cm³/mol. The Morgan fingerprint density at radius 1 is 1.25 bits per heavy atom. The number of carbonyl (C=O) groups is 1. The van der Waals surface area contributed by atoms with Gasteiger partial charge in [-0.05, 0) is 26.2 Å². The Bertz CT molecular complexity index is 445. The number of carbonyl (C=O) groups excluding carboxylic acids is 1. The standard InChI is InChI=1S/C15H26N4O/c1-10(2)9-13(15(20)19(5)6)18-12(4)14-11(3)16-7-8-17-14/h7-8,10,12-13,18H,9H2,1-6H3. The normalized spacial score (nSPS) is 14.2. The minimum Gasteiger partial charge on any atom is -0.347 e. The molecule has 0 radical (unpaired) electrons. The van der Waals surface area contributed by atoms with E-state index >= 15 is 0 Å². The van der Waals surface area contributed by atoms with Crippen molar-refractivity contribution in [3.05, 3.63) is 23.8 Å². The van der Waals surface area contributed by atoms with E-state index in [1.54, 1.807) is 31.4 Å². The Kier molecular flexibility index (Phi) is 6.07. The van der Waals surface area contributed by atoms with E-state index in [-0.39, 0.29) is 18.0 Å². The van der Waals surface area contributed by atoms with Crippen molar-refractivity contribution in [1.29, 1.82) is 0 Å². The summed E-state index contributed by atoms with van der Waals surface area (Å²) >= 11 is 0. The third kappa shape index (κ3) is 4.56. The quantitative estimate of drug-likeness (QED) is 0.864. The first-order chi connectivity index (χ1) is 9.32. The smallest absolute Gasteiger partial charge is 0.239 e. The molecule has 0 bridgehead atoms. The summed E-state index contributed by atoms with van der Waals surface area (Å²) in [7, 11) is 3.57. The van der Waals surface area contributed by atoms with E-state index in [9.17, 15) is 4.79 Å². The van der Waals surface area contributed by atoms with Gasteiger partial charge in [-0.2, -0.15) is 0 Å². The molecule has 0 fully saturated rings. The van der Waals surface area contributed by atoms with Gasteiger partial charge in [0.2, 0.25) is 5.91 Å². The van der Waals surface area contributed by atoms with Crippen molar-refractivity contribution in [2.75, 3.05) is 14.1 Å². The molecule has 2 unspecified atom stereocenters. The van der Waals surface area contributed by atoms with Crippen LogP contribution in [0.15, 0.2) is 12.4 Å². The number of hydrogen-bond acceptors (Lipinski definition) is 4. The zero-order valence-electron chi connectivity index (χ0n) is 13.3. The maximum absolute atomic E-state index is 12.3. The molecule has 1 N–H and O–H groups in total. The largest absolute Gasteiger partial charge is 0.347 e. The second-order valence-corrected chi connectivity index (χ2v) is 5.83. The summed E-state index contributed by atoms with van der Waals surface area (Å²) in [6.07, 6.45) is 4.18. The molecule has 1 rings (SSSR count). The third-order valence-corrected chi connectivity index (χ3v) is 3.23. The fourth-order valence-corrected chi connectivity index (χ4v) is 2.25. The molecule has 2 atom stereocenters. The molecule has 0 aliphatic heterocycles. The van der Waals surface area contributed by atoms with Crippen molar-refractivity contribution < 1.29 is 4.79 Å². The van der Waals surface area contributed by atoms with Gasteiger partial charge in [-0.1, -0.05) is 13.8 Å². The molecule has 1 amide bonds. The second kappa shape index (κ2) is 7.33. The number of hydrogen-bond donors (Lipinski definition) is 1. The molecule has 0 aromatic carbocycles. The Morgan fingerprint density at radius 2 is 1.85 bits per heavy atom. The van der Waals surface area contributed by atoms with Gasteiger partial charge in [-0.25, -0.2) is 0 Å². The van der Waals surface area contributed by atoms with Crippen LogP contribution in [0.5, 0.6) is 0 Å². The topological polar surface area (TPSA) is 58.1 Å². The molecule has 0 saturated carbocycles. The number of aromatic nitrogens is 2. The monoisotopic (exact) mass is 278 g/mol. The SMILES string of the molecule is Cc1nccnc1C(C)NC(CC(C)C)C(=O)N(C)C. The number of rotatable bonds is 6. The van der Waals surface area contributed by atoms with Gasteiger partial charge >= 0.3 is 0 Å². The van der Waals surface area contributed by atoms with Crippen LogP contribution in [0.4, 0.5) is 0 Å². The third-order valence-electron chi connectivity index (χ3n) is 3.23. The lowest BCUT2D eigenvalue weighted by Crippen LogP contribution is -2.45. The first-order valence-electron chi connectivity index (χ1n) is 7.07. The highest BCUT2D eigenvalue weighted by Gasteiger charge is 2.24. The lowest BCUT2D eigenvalue weighted by atomic mass is 10.0. The summed E-state index contributed by atoms with van der Waals surface area (Å²) in [5.74, 6) is 0.554. The van der Waals surface area contributed by atoms with Gasteiger partial charge < -0.3 is 4.90 Å². The minimum absolute atomic E-state index is 0.00338. The van der Waals surface area contributed by atoms with Crippen molar-refractivity contribution >= 4 is 5.91 Å². The van der Waals surface area contributed by atoms with E-state index in [0.29, 0.717) is 5.92 Å². The van der Waals surface area contributed by atoms with Gasteiger partial charge in [0.05, 0.1) is 17.4 Å². The Labute approximate surface area is 121 Å². The fraction of sp³-hybridized carbons (Fsp3) is 0.667. The van der Waals surface area contributed by atoms with Crippen molar-refractivity contribution in [2.24, 2.45) is 5.92 Å². The first kappa shape index (κ1) is 16.6. The highest BCUT2D eigenvalue weighted by atomic mass is 16.2. The number of amides is 1. The van der Waals surface area contributed by atoms with Crippen LogP contribution >= 0.6 is 0 Å².